The van der Waals surface area contributed by atoms with Crippen LogP contribution in [0.5, 0.6) is 5.75 Å². The number of fused-ring (bicyclic) bond motifs is 1. The Bertz CT molecular complexity index is 1400. The number of allylic oxidation sites excluding steroid dienone is 1. The summed E-state index contributed by atoms with van der Waals surface area (Å²) in [6.07, 6.45) is 4.83. The summed E-state index contributed by atoms with van der Waals surface area (Å²) in [5, 5.41) is 0. The molecule has 0 radical (unpaired) electrons. The highest BCUT2D eigenvalue weighted by Gasteiger charge is 2.51. The number of aryl methyl sites for hydroxylation is 1. The zero-order valence-corrected chi connectivity index (χ0v) is 25.5. The molecular weight excluding hydrogens is 524 g/mol. The Hall–Kier alpha value is -2.93. The topological polar surface area (TPSA) is 30.9 Å². The lowest BCUT2D eigenvalue weighted by atomic mass is 9.76. The van der Waals surface area contributed by atoms with Crippen LogP contribution in [0.25, 0.3) is 11.1 Å². The molecule has 2 fully saturated rings. The van der Waals surface area contributed by atoms with Gasteiger partial charge in [0.15, 0.2) is 0 Å². The quantitative estimate of drug-likeness (QED) is 0.272. The van der Waals surface area contributed by atoms with Crippen LogP contribution in [0.4, 0.5) is 4.39 Å². The van der Waals surface area contributed by atoms with Crippen molar-refractivity contribution in [2.24, 2.45) is 0 Å². The number of nitrogens with zero attached hydrogens (tertiary/aromatic N) is 1. The molecule has 3 aromatic carbocycles. The Kier molecular flexibility index (Phi) is 8.32. The third-order valence-corrected chi connectivity index (χ3v) is 9.50. The fourth-order valence-corrected chi connectivity index (χ4v) is 6.46. The van der Waals surface area contributed by atoms with E-state index < -0.39 is 0 Å². The molecular formula is C36H43BFNO3. The van der Waals surface area contributed by atoms with Crippen molar-refractivity contribution in [1.82, 2.24) is 4.90 Å². The molecule has 2 heterocycles. The average molecular weight is 568 g/mol. The van der Waals surface area contributed by atoms with Crippen LogP contribution in [-0.4, -0.2) is 55.6 Å². The molecule has 2 aliphatic heterocycles. The maximum absolute atomic E-state index is 12.6. The molecule has 0 bridgehead atoms. The SMILES string of the molecule is CC1(C)OB(c2ccc3c(c2)CCCC(c2ccccc2)=C3c2ccc(O[C@H]3CCN(CCCF)C3)cc2)OC1(C)C. The van der Waals surface area contributed by atoms with Gasteiger partial charge in [0.25, 0.3) is 0 Å². The first-order valence-electron chi connectivity index (χ1n) is 15.6. The first kappa shape index (κ1) is 29.2. The minimum absolute atomic E-state index is 0.154. The van der Waals surface area contributed by atoms with Crippen molar-refractivity contribution >= 4 is 23.7 Å². The minimum Gasteiger partial charge on any atom is -0.489 e. The molecule has 3 aromatic rings. The van der Waals surface area contributed by atoms with Gasteiger partial charge < -0.3 is 14.0 Å². The van der Waals surface area contributed by atoms with Crippen molar-refractivity contribution in [1.29, 1.82) is 0 Å². The molecule has 6 rings (SSSR count). The largest absolute Gasteiger partial charge is 0.494 e. The van der Waals surface area contributed by atoms with E-state index in [0.717, 1.165) is 56.5 Å². The molecule has 0 amide bonds. The number of ether oxygens (including phenoxy) is 1. The third kappa shape index (κ3) is 5.95. The monoisotopic (exact) mass is 567 g/mol. The van der Waals surface area contributed by atoms with Crippen molar-refractivity contribution in [3.8, 4) is 5.75 Å². The minimum atomic E-state index is -0.371. The van der Waals surface area contributed by atoms with Gasteiger partial charge in [-0.25, -0.2) is 0 Å². The third-order valence-electron chi connectivity index (χ3n) is 9.50. The number of hydrogen-bond donors (Lipinski definition) is 0. The second-order valence-electron chi connectivity index (χ2n) is 13.0. The van der Waals surface area contributed by atoms with Gasteiger partial charge in [-0.1, -0.05) is 60.7 Å². The molecule has 1 atom stereocenters. The zero-order valence-electron chi connectivity index (χ0n) is 25.5. The molecule has 0 spiro atoms. The smallest absolute Gasteiger partial charge is 0.489 e. The van der Waals surface area contributed by atoms with Crippen molar-refractivity contribution in [3.63, 3.8) is 0 Å². The van der Waals surface area contributed by atoms with Gasteiger partial charge in [0.1, 0.15) is 11.9 Å². The molecule has 3 aliphatic rings. The molecule has 4 nitrogen and oxygen atoms in total. The second-order valence-corrected chi connectivity index (χ2v) is 13.0. The zero-order chi connectivity index (χ0) is 29.3. The summed E-state index contributed by atoms with van der Waals surface area (Å²) in [4.78, 5) is 2.30. The molecule has 0 unspecified atom stereocenters. The molecule has 1 aliphatic carbocycles. The second kappa shape index (κ2) is 12.0. The highest BCUT2D eigenvalue weighted by molar-refractivity contribution is 6.62. The van der Waals surface area contributed by atoms with Crippen LogP contribution >= 0.6 is 0 Å². The van der Waals surface area contributed by atoms with E-state index in [-0.39, 0.29) is 31.1 Å². The van der Waals surface area contributed by atoms with Crippen molar-refractivity contribution in [3.05, 3.63) is 95.1 Å². The van der Waals surface area contributed by atoms with E-state index >= 15 is 0 Å². The first-order valence-corrected chi connectivity index (χ1v) is 15.6. The normalized spacial score (nSPS) is 21.8. The van der Waals surface area contributed by atoms with Crippen molar-refractivity contribution in [2.75, 3.05) is 26.3 Å². The molecule has 220 valence electrons. The lowest BCUT2D eigenvalue weighted by molar-refractivity contribution is 0.00578. The predicted octanol–water partition coefficient (Wildman–Crippen LogP) is 7.09. The van der Waals surface area contributed by atoms with Gasteiger partial charge in [-0.15, -0.1) is 0 Å². The predicted molar refractivity (Wildman–Crippen MR) is 170 cm³/mol. The van der Waals surface area contributed by atoms with Gasteiger partial charge in [-0.2, -0.15) is 0 Å². The van der Waals surface area contributed by atoms with E-state index in [0.29, 0.717) is 6.42 Å². The molecule has 42 heavy (non-hydrogen) atoms. The van der Waals surface area contributed by atoms with Gasteiger partial charge >= 0.3 is 7.12 Å². The molecule has 6 heteroatoms. The maximum atomic E-state index is 12.6. The lowest BCUT2D eigenvalue weighted by Gasteiger charge is -2.32. The maximum Gasteiger partial charge on any atom is 0.494 e. The lowest BCUT2D eigenvalue weighted by Crippen LogP contribution is -2.41. The van der Waals surface area contributed by atoms with E-state index in [1.165, 1.54) is 33.4 Å². The summed E-state index contributed by atoms with van der Waals surface area (Å²) in [6.45, 7) is 10.8. The fraction of sp³-hybridized carbons (Fsp3) is 0.444. The highest BCUT2D eigenvalue weighted by atomic mass is 19.1. The van der Waals surface area contributed by atoms with Gasteiger partial charge in [0.05, 0.1) is 17.9 Å². The summed E-state index contributed by atoms with van der Waals surface area (Å²) >= 11 is 0. The molecule has 2 saturated heterocycles. The summed E-state index contributed by atoms with van der Waals surface area (Å²) in [5.41, 5.74) is 8.09. The Balaban J connectivity index is 1.31. The summed E-state index contributed by atoms with van der Waals surface area (Å²) in [7, 11) is -0.371. The van der Waals surface area contributed by atoms with Gasteiger partial charge in [0, 0.05) is 19.6 Å². The number of halogens is 1. The Morgan fingerprint density at radius 2 is 1.64 bits per heavy atom. The average Bonchev–Trinajstić information content (AvgIpc) is 3.44. The molecule has 0 N–H and O–H groups in total. The van der Waals surface area contributed by atoms with E-state index in [2.05, 4.69) is 105 Å². The van der Waals surface area contributed by atoms with Crippen LogP contribution < -0.4 is 10.2 Å². The first-order chi connectivity index (χ1) is 20.2. The van der Waals surface area contributed by atoms with Gasteiger partial charge in [-0.3, -0.25) is 9.29 Å². The summed E-state index contributed by atoms with van der Waals surface area (Å²) in [6, 6.07) is 26.2. The van der Waals surface area contributed by atoms with Crippen LogP contribution in [-0.2, 0) is 15.7 Å². The van der Waals surface area contributed by atoms with Crippen LogP contribution in [0.15, 0.2) is 72.8 Å². The number of benzene rings is 3. The van der Waals surface area contributed by atoms with Gasteiger partial charge in [-0.05, 0) is 111 Å². The standard InChI is InChI=1S/C36H43BFNO3/c1-35(2)36(3,4)42-37(41-35)29-16-19-33-28(24-29)12-8-13-32(26-10-6-5-7-11-26)34(33)27-14-17-30(18-15-27)40-31-20-23-39(25-31)22-9-21-38/h5-7,10-11,14-19,24,31H,8-9,12-13,20-23,25H2,1-4H3/t31-/m0/s1. The van der Waals surface area contributed by atoms with Gasteiger partial charge in [0.2, 0.25) is 0 Å². The Morgan fingerprint density at radius 1 is 0.905 bits per heavy atom. The van der Waals surface area contributed by atoms with E-state index in [1.54, 1.807) is 0 Å². The number of likely N-dealkylation sites (tertiary alicyclic amines) is 1. The van der Waals surface area contributed by atoms with Crippen LogP contribution in [0.3, 0.4) is 0 Å². The Labute approximate surface area is 251 Å². The van der Waals surface area contributed by atoms with Crippen molar-refractivity contribution < 1.29 is 18.4 Å². The summed E-state index contributed by atoms with van der Waals surface area (Å²) < 4.78 is 31.8. The molecule has 0 saturated carbocycles. The van der Waals surface area contributed by atoms with Crippen LogP contribution in [0, 0.1) is 0 Å². The number of alkyl halides is 1. The van der Waals surface area contributed by atoms with E-state index in [9.17, 15) is 4.39 Å². The fourth-order valence-electron chi connectivity index (χ4n) is 6.46. The number of hydrogen-bond acceptors (Lipinski definition) is 4. The van der Waals surface area contributed by atoms with Crippen LogP contribution in [0.1, 0.15) is 75.6 Å². The molecule has 0 aromatic heterocycles. The van der Waals surface area contributed by atoms with E-state index in [1.807, 2.05) is 0 Å². The van der Waals surface area contributed by atoms with Crippen LogP contribution in [0.2, 0.25) is 0 Å². The number of rotatable bonds is 8. The Morgan fingerprint density at radius 3 is 2.36 bits per heavy atom. The highest BCUT2D eigenvalue weighted by Crippen LogP contribution is 2.41. The summed E-state index contributed by atoms with van der Waals surface area (Å²) in [5.74, 6) is 0.892. The van der Waals surface area contributed by atoms with E-state index in [4.69, 9.17) is 14.0 Å². The van der Waals surface area contributed by atoms with Crippen molar-refractivity contribution in [2.45, 2.75) is 77.1 Å².